The molecule has 0 spiro atoms. The number of benzene rings is 1. The summed E-state index contributed by atoms with van der Waals surface area (Å²) in [5.74, 6) is -0.221. The Morgan fingerprint density at radius 3 is 2.30 bits per heavy atom. The Morgan fingerprint density at radius 2 is 1.73 bits per heavy atom. The van der Waals surface area contributed by atoms with Gasteiger partial charge in [0, 0.05) is 34.4 Å². The quantitative estimate of drug-likeness (QED) is 0.456. The van der Waals surface area contributed by atoms with Gasteiger partial charge in [0.25, 0.3) is 0 Å². The fourth-order valence-corrected chi connectivity index (χ4v) is 5.05. The first kappa shape index (κ1) is 23.5. The fourth-order valence-electron chi connectivity index (χ4n) is 5.05. The van der Waals surface area contributed by atoms with Crippen molar-refractivity contribution >= 4 is 17.0 Å². The Bertz CT molecular complexity index is 1150. The van der Waals surface area contributed by atoms with Gasteiger partial charge in [0.05, 0.1) is 5.60 Å². The third-order valence-electron chi connectivity index (χ3n) is 6.77. The van der Waals surface area contributed by atoms with Crippen LogP contribution in [0.1, 0.15) is 82.3 Å². The van der Waals surface area contributed by atoms with Gasteiger partial charge in [-0.15, -0.1) is 0 Å². The topological polar surface area (TPSA) is 64.3 Å². The van der Waals surface area contributed by atoms with E-state index in [4.69, 9.17) is 9.72 Å². The van der Waals surface area contributed by atoms with Crippen LogP contribution in [0.2, 0.25) is 0 Å². The van der Waals surface area contributed by atoms with Crippen LogP contribution in [-0.4, -0.2) is 26.2 Å². The third kappa shape index (κ3) is 4.84. The lowest BCUT2D eigenvalue weighted by atomic mass is 9.87. The Balaban J connectivity index is 1.95. The van der Waals surface area contributed by atoms with E-state index in [9.17, 15) is 9.90 Å². The lowest BCUT2D eigenvalue weighted by Gasteiger charge is -2.29. The molecule has 1 aliphatic carbocycles. The number of carbonyl (C=O) groups is 1. The molecule has 1 aromatic carbocycles. The molecule has 0 saturated heterocycles. The molecule has 0 amide bonds. The highest BCUT2D eigenvalue weighted by Crippen LogP contribution is 2.41. The molecule has 1 N–H and O–H groups in total. The number of aromatic nitrogens is 2. The lowest BCUT2D eigenvalue weighted by molar-refractivity contribution is -0.160. The Labute approximate surface area is 196 Å². The second kappa shape index (κ2) is 8.94. The smallest absolute Gasteiger partial charge is 0.337 e. The molecule has 4 rings (SSSR count). The van der Waals surface area contributed by atoms with Gasteiger partial charge in [-0.1, -0.05) is 36.8 Å². The van der Waals surface area contributed by atoms with Gasteiger partial charge in [0.2, 0.25) is 0 Å². The molecule has 2 aromatic heterocycles. The fraction of sp³-hybridized carbons (Fsp3) is 0.500. The average Bonchev–Trinajstić information content (AvgIpc) is 3.15. The number of carboxylic acid groups (broad SMARTS) is 1. The minimum absolute atomic E-state index is 0.434. The summed E-state index contributed by atoms with van der Waals surface area (Å²) in [5.41, 5.74) is 4.74. The largest absolute Gasteiger partial charge is 0.479 e. The summed E-state index contributed by atoms with van der Waals surface area (Å²) in [7, 11) is 0. The highest BCUT2D eigenvalue weighted by Gasteiger charge is 2.33. The molecule has 1 aliphatic rings. The summed E-state index contributed by atoms with van der Waals surface area (Å²) >= 11 is 0. The van der Waals surface area contributed by atoms with Crippen LogP contribution in [0, 0.1) is 19.8 Å². The number of aryl methyl sites for hydroxylation is 2. The van der Waals surface area contributed by atoms with Crippen LogP contribution in [0.25, 0.3) is 22.2 Å². The molecule has 0 aliphatic heterocycles. The molecule has 5 nitrogen and oxygen atoms in total. The van der Waals surface area contributed by atoms with Gasteiger partial charge in [-0.3, -0.25) is 0 Å². The van der Waals surface area contributed by atoms with Gasteiger partial charge in [-0.2, -0.15) is 0 Å². The summed E-state index contributed by atoms with van der Waals surface area (Å²) in [6.45, 7) is 12.0. The van der Waals surface area contributed by atoms with Crippen LogP contribution in [0.4, 0.5) is 0 Å². The zero-order valence-electron chi connectivity index (χ0n) is 20.7. The van der Waals surface area contributed by atoms with Gasteiger partial charge in [-0.25, -0.2) is 9.78 Å². The van der Waals surface area contributed by atoms with Gasteiger partial charge >= 0.3 is 5.97 Å². The summed E-state index contributed by atoms with van der Waals surface area (Å²) in [6, 6.07) is 10.8. The standard InChI is InChI=1S/C28H36N2O3/c1-17-7-11-20(12-8-17)24-22-15-16-30(21-13-9-18(2)10-14-21)26(22)29-19(3)23(24)25(27(31)32)33-28(4,5)6/h7-8,11-12,15-16,18,21,25H,9-10,13-14H2,1-6H3,(H,31,32)/t18-,21-,25?. The van der Waals surface area contributed by atoms with Gasteiger partial charge in [-0.05, 0) is 77.8 Å². The first-order valence-corrected chi connectivity index (χ1v) is 12.0. The molecule has 5 heteroatoms. The third-order valence-corrected chi connectivity index (χ3v) is 6.77. The molecule has 1 unspecified atom stereocenters. The summed E-state index contributed by atoms with van der Waals surface area (Å²) in [4.78, 5) is 17.4. The van der Waals surface area contributed by atoms with Crippen molar-refractivity contribution in [3.63, 3.8) is 0 Å². The number of rotatable bonds is 5. The van der Waals surface area contributed by atoms with E-state index in [1.165, 1.54) is 12.8 Å². The monoisotopic (exact) mass is 448 g/mol. The number of aliphatic carboxylic acids is 1. The number of carboxylic acids is 1. The Morgan fingerprint density at radius 1 is 1.09 bits per heavy atom. The second-order valence-electron chi connectivity index (χ2n) is 10.7. The van der Waals surface area contributed by atoms with Crippen molar-refractivity contribution < 1.29 is 14.6 Å². The highest BCUT2D eigenvalue weighted by molar-refractivity contribution is 5.97. The van der Waals surface area contributed by atoms with E-state index in [0.29, 0.717) is 17.3 Å². The van der Waals surface area contributed by atoms with Crippen LogP contribution < -0.4 is 0 Å². The van der Waals surface area contributed by atoms with E-state index < -0.39 is 17.7 Å². The molecule has 176 valence electrons. The van der Waals surface area contributed by atoms with Crippen molar-refractivity contribution in [3.8, 4) is 11.1 Å². The van der Waals surface area contributed by atoms with Gasteiger partial charge < -0.3 is 14.4 Å². The number of fused-ring (bicyclic) bond motifs is 1. The Hall–Kier alpha value is -2.66. The molecular formula is C28H36N2O3. The van der Waals surface area contributed by atoms with Crippen LogP contribution in [-0.2, 0) is 9.53 Å². The van der Waals surface area contributed by atoms with Crippen LogP contribution >= 0.6 is 0 Å². The maximum absolute atomic E-state index is 12.4. The molecule has 0 bridgehead atoms. The van der Waals surface area contributed by atoms with Gasteiger partial charge in [0.1, 0.15) is 5.65 Å². The van der Waals surface area contributed by atoms with Gasteiger partial charge in [0.15, 0.2) is 6.10 Å². The van der Waals surface area contributed by atoms with E-state index >= 15 is 0 Å². The van der Waals surface area contributed by atoms with Crippen molar-refractivity contribution in [2.75, 3.05) is 0 Å². The van der Waals surface area contributed by atoms with Crippen molar-refractivity contribution in [3.05, 3.63) is 53.3 Å². The van der Waals surface area contributed by atoms with Crippen molar-refractivity contribution in [1.82, 2.24) is 9.55 Å². The minimum atomic E-state index is -1.10. The van der Waals surface area contributed by atoms with E-state index in [2.05, 4.69) is 54.9 Å². The molecule has 1 fully saturated rings. The van der Waals surface area contributed by atoms with E-state index in [0.717, 1.165) is 46.5 Å². The molecule has 1 saturated carbocycles. The first-order chi connectivity index (χ1) is 15.5. The van der Waals surface area contributed by atoms with Crippen molar-refractivity contribution in [2.24, 2.45) is 5.92 Å². The Kier molecular flexibility index (Phi) is 6.37. The summed E-state index contributed by atoms with van der Waals surface area (Å²) in [5, 5.41) is 11.2. The number of ether oxygens (including phenoxy) is 1. The molecular weight excluding hydrogens is 412 g/mol. The molecule has 0 radical (unpaired) electrons. The lowest BCUT2D eigenvalue weighted by Crippen LogP contribution is -2.28. The van der Waals surface area contributed by atoms with Crippen LogP contribution in [0.15, 0.2) is 36.5 Å². The van der Waals surface area contributed by atoms with Crippen molar-refractivity contribution in [1.29, 1.82) is 0 Å². The average molecular weight is 449 g/mol. The van der Waals surface area contributed by atoms with Crippen molar-refractivity contribution in [2.45, 2.75) is 85.0 Å². The number of pyridine rings is 1. The predicted molar refractivity (Wildman–Crippen MR) is 133 cm³/mol. The summed E-state index contributed by atoms with van der Waals surface area (Å²) in [6.07, 6.45) is 5.80. The first-order valence-electron chi connectivity index (χ1n) is 12.0. The number of nitrogens with zero attached hydrogens (tertiary/aromatic N) is 2. The maximum Gasteiger partial charge on any atom is 0.337 e. The van der Waals surface area contributed by atoms with E-state index in [1.54, 1.807) is 0 Å². The predicted octanol–water partition coefficient (Wildman–Crippen LogP) is 7.01. The number of hydrogen-bond donors (Lipinski definition) is 1. The normalized spacial score (nSPS) is 20.2. The zero-order chi connectivity index (χ0) is 23.9. The maximum atomic E-state index is 12.4. The SMILES string of the molecule is Cc1ccc(-c2c(C(OC(C)(C)C)C(=O)O)c(C)nc3c2ccn3[C@H]2CC[C@H](C)CC2)cc1. The second-order valence-corrected chi connectivity index (χ2v) is 10.7. The summed E-state index contributed by atoms with van der Waals surface area (Å²) < 4.78 is 8.41. The van der Waals surface area contributed by atoms with Crippen LogP contribution in [0.3, 0.4) is 0 Å². The molecule has 3 aromatic rings. The highest BCUT2D eigenvalue weighted by atomic mass is 16.5. The molecule has 33 heavy (non-hydrogen) atoms. The van der Waals surface area contributed by atoms with E-state index in [-0.39, 0.29) is 0 Å². The number of hydrogen-bond acceptors (Lipinski definition) is 3. The molecule has 2 heterocycles. The minimum Gasteiger partial charge on any atom is -0.479 e. The van der Waals surface area contributed by atoms with E-state index in [1.807, 2.05) is 27.7 Å². The zero-order valence-corrected chi connectivity index (χ0v) is 20.7. The molecule has 1 atom stereocenters. The van der Waals surface area contributed by atoms with Crippen LogP contribution in [0.5, 0.6) is 0 Å².